The molecule has 160 valence electrons. The lowest BCUT2D eigenvalue weighted by molar-refractivity contribution is 0.0490. The third-order valence-electron chi connectivity index (χ3n) is 5.31. The number of carbonyl (C=O) groups excluding carboxylic acids is 1. The average Bonchev–Trinajstić information content (AvgIpc) is 2.74. The van der Waals surface area contributed by atoms with E-state index in [1.807, 2.05) is 12.1 Å². The number of hydrogen-bond donors (Lipinski definition) is 2. The van der Waals surface area contributed by atoms with Gasteiger partial charge in [0, 0.05) is 35.8 Å². The highest BCUT2D eigenvalue weighted by Gasteiger charge is 2.37. The smallest absolute Gasteiger partial charge is 0.404 e. The molecule has 8 nitrogen and oxygen atoms in total. The first kappa shape index (κ1) is 21.3. The molecule has 2 aromatic rings. The summed E-state index contributed by atoms with van der Waals surface area (Å²) >= 11 is 0. The molecule has 2 amide bonds. The molecule has 2 N–H and O–H groups in total. The largest absolute Gasteiger partial charge is 0.497 e. The summed E-state index contributed by atoms with van der Waals surface area (Å²) in [4.78, 5) is 26.0. The quantitative estimate of drug-likeness (QED) is 0.689. The summed E-state index contributed by atoms with van der Waals surface area (Å²) in [5, 5.41) is 11.4. The average molecular weight is 414 g/mol. The van der Waals surface area contributed by atoms with Gasteiger partial charge >= 0.3 is 6.09 Å². The molecule has 0 atom stereocenters. The Labute approximate surface area is 175 Å². The fourth-order valence-corrected chi connectivity index (χ4v) is 3.57. The molecule has 2 aromatic carbocycles. The fraction of sp³-hybridized carbons (Fsp3) is 0.364. The summed E-state index contributed by atoms with van der Waals surface area (Å²) in [6.45, 7) is 0.336. The van der Waals surface area contributed by atoms with Crippen LogP contribution in [-0.2, 0) is 6.54 Å². The van der Waals surface area contributed by atoms with Crippen LogP contribution in [0.5, 0.6) is 17.2 Å². The van der Waals surface area contributed by atoms with Gasteiger partial charge in [-0.2, -0.15) is 0 Å². The van der Waals surface area contributed by atoms with Crippen molar-refractivity contribution in [2.24, 2.45) is 0 Å². The first-order valence-corrected chi connectivity index (χ1v) is 9.60. The van der Waals surface area contributed by atoms with Crippen LogP contribution in [0.15, 0.2) is 42.5 Å². The van der Waals surface area contributed by atoms with E-state index in [-0.39, 0.29) is 18.0 Å². The van der Waals surface area contributed by atoms with Crippen molar-refractivity contribution in [3.8, 4) is 17.2 Å². The molecule has 0 spiro atoms. The number of hydrogen-bond acceptors (Lipinski definition) is 5. The minimum atomic E-state index is -1.05. The number of nitrogens with one attached hydrogen (secondary N) is 1. The summed E-state index contributed by atoms with van der Waals surface area (Å²) in [6, 6.07) is 12.2. The fourth-order valence-electron chi connectivity index (χ4n) is 3.57. The van der Waals surface area contributed by atoms with Gasteiger partial charge in [0.25, 0.3) is 5.91 Å². The molecule has 1 aliphatic carbocycles. The zero-order valence-electron chi connectivity index (χ0n) is 17.3. The minimum absolute atomic E-state index is 0.0803. The zero-order chi connectivity index (χ0) is 21.7. The lowest BCUT2D eigenvalue weighted by atomic mass is 9.85. The third kappa shape index (κ3) is 4.76. The predicted molar refractivity (Wildman–Crippen MR) is 110 cm³/mol. The molecule has 0 radical (unpaired) electrons. The Kier molecular flexibility index (Phi) is 6.66. The van der Waals surface area contributed by atoms with Crippen LogP contribution >= 0.6 is 0 Å². The second-order valence-electron chi connectivity index (χ2n) is 7.11. The van der Waals surface area contributed by atoms with Crippen molar-refractivity contribution >= 4 is 12.0 Å². The number of amides is 2. The van der Waals surface area contributed by atoms with Gasteiger partial charge in [-0.3, -0.25) is 4.79 Å². The van der Waals surface area contributed by atoms with Gasteiger partial charge in [-0.1, -0.05) is 0 Å². The van der Waals surface area contributed by atoms with Gasteiger partial charge in [0.15, 0.2) is 0 Å². The lowest BCUT2D eigenvalue weighted by Crippen LogP contribution is -2.55. The van der Waals surface area contributed by atoms with Crippen LogP contribution in [-0.4, -0.2) is 55.4 Å². The molecule has 1 saturated carbocycles. The van der Waals surface area contributed by atoms with Crippen LogP contribution in [0.4, 0.5) is 4.79 Å². The van der Waals surface area contributed by atoms with Crippen molar-refractivity contribution in [2.75, 3.05) is 21.3 Å². The number of ether oxygens (including phenoxy) is 3. The van der Waals surface area contributed by atoms with Gasteiger partial charge in [-0.15, -0.1) is 0 Å². The van der Waals surface area contributed by atoms with Crippen molar-refractivity contribution in [1.29, 1.82) is 0 Å². The van der Waals surface area contributed by atoms with Gasteiger partial charge in [-0.25, -0.2) is 4.79 Å². The number of carboxylic acid groups (broad SMARTS) is 1. The van der Waals surface area contributed by atoms with Crippen LogP contribution < -0.4 is 19.5 Å². The van der Waals surface area contributed by atoms with E-state index in [9.17, 15) is 9.59 Å². The van der Waals surface area contributed by atoms with E-state index < -0.39 is 6.09 Å². The number of benzene rings is 2. The third-order valence-corrected chi connectivity index (χ3v) is 5.31. The molecule has 30 heavy (non-hydrogen) atoms. The van der Waals surface area contributed by atoms with Gasteiger partial charge in [0.2, 0.25) is 0 Å². The summed E-state index contributed by atoms with van der Waals surface area (Å²) in [5.74, 6) is 1.83. The van der Waals surface area contributed by atoms with E-state index >= 15 is 0 Å². The summed E-state index contributed by atoms with van der Waals surface area (Å²) in [5.41, 5.74) is 1.38. The zero-order valence-corrected chi connectivity index (χ0v) is 17.3. The summed E-state index contributed by atoms with van der Waals surface area (Å²) in [6.07, 6.45) is 0.0718. The van der Waals surface area contributed by atoms with Crippen molar-refractivity contribution in [3.05, 3.63) is 53.6 Å². The number of methoxy groups -OCH3 is 3. The van der Waals surface area contributed by atoms with E-state index in [2.05, 4.69) is 5.32 Å². The van der Waals surface area contributed by atoms with E-state index in [1.165, 1.54) is 0 Å². The SMILES string of the molecule is COc1ccc(C(=O)N(Cc2ccc(OC)cc2OC)C2CC(NC(=O)O)C2)cc1. The molecule has 3 rings (SSSR count). The Hall–Kier alpha value is -3.42. The Balaban J connectivity index is 1.84. The van der Waals surface area contributed by atoms with E-state index in [4.69, 9.17) is 19.3 Å². The molecule has 8 heteroatoms. The van der Waals surface area contributed by atoms with Gasteiger partial charge in [0.1, 0.15) is 17.2 Å². The van der Waals surface area contributed by atoms with Crippen molar-refractivity contribution in [2.45, 2.75) is 31.5 Å². The van der Waals surface area contributed by atoms with Crippen LogP contribution in [0.25, 0.3) is 0 Å². The Morgan fingerprint density at radius 1 is 1.00 bits per heavy atom. The standard InChI is InChI=1S/C22H26N2O6/c1-28-18-7-4-14(5-8-18)21(25)24(17-10-16(11-17)23-22(26)27)13-15-6-9-19(29-2)12-20(15)30-3/h4-9,12,16-17,23H,10-11,13H2,1-3H3,(H,26,27). The first-order chi connectivity index (χ1) is 14.4. The van der Waals surface area contributed by atoms with Crippen LogP contribution in [0.2, 0.25) is 0 Å². The van der Waals surface area contributed by atoms with Gasteiger partial charge in [0.05, 0.1) is 21.3 Å². The number of rotatable bonds is 8. The first-order valence-electron chi connectivity index (χ1n) is 9.60. The molecule has 0 heterocycles. The van der Waals surface area contributed by atoms with Crippen LogP contribution in [0, 0.1) is 0 Å². The summed E-state index contributed by atoms with van der Waals surface area (Å²) in [7, 11) is 4.73. The van der Waals surface area contributed by atoms with Gasteiger partial charge in [-0.05, 0) is 49.2 Å². The second-order valence-corrected chi connectivity index (χ2v) is 7.11. The van der Waals surface area contributed by atoms with Crippen LogP contribution in [0.1, 0.15) is 28.8 Å². The predicted octanol–water partition coefficient (Wildman–Crippen LogP) is 3.15. The Morgan fingerprint density at radius 3 is 2.20 bits per heavy atom. The van der Waals surface area contributed by atoms with Crippen molar-refractivity contribution in [1.82, 2.24) is 10.2 Å². The monoisotopic (exact) mass is 414 g/mol. The van der Waals surface area contributed by atoms with Gasteiger partial charge < -0.3 is 29.5 Å². The summed E-state index contributed by atoms with van der Waals surface area (Å²) < 4.78 is 15.9. The topological polar surface area (TPSA) is 97.3 Å². The lowest BCUT2D eigenvalue weighted by Gasteiger charge is -2.43. The Morgan fingerprint density at radius 2 is 1.63 bits per heavy atom. The van der Waals surface area contributed by atoms with E-state index in [1.54, 1.807) is 56.6 Å². The maximum absolute atomic E-state index is 13.3. The van der Waals surface area contributed by atoms with E-state index in [0.29, 0.717) is 42.2 Å². The number of carbonyl (C=O) groups is 2. The molecular weight excluding hydrogens is 388 g/mol. The maximum Gasteiger partial charge on any atom is 0.404 e. The van der Waals surface area contributed by atoms with E-state index in [0.717, 1.165) is 5.56 Å². The minimum Gasteiger partial charge on any atom is -0.497 e. The second kappa shape index (κ2) is 9.39. The molecule has 1 fully saturated rings. The molecule has 0 unspecified atom stereocenters. The molecular formula is C22H26N2O6. The highest BCUT2D eigenvalue weighted by Crippen LogP contribution is 2.32. The molecule has 0 aromatic heterocycles. The Bertz CT molecular complexity index is 893. The van der Waals surface area contributed by atoms with Crippen molar-refractivity contribution < 1.29 is 28.9 Å². The molecule has 1 aliphatic rings. The molecule has 0 aliphatic heterocycles. The van der Waals surface area contributed by atoms with Crippen LogP contribution in [0.3, 0.4) is 0 Å². The highest BCUT2D eigenvalue weighted by molar-refractivity contribution is 5.94. The molecule has 0 bridgehead atoms. The van der Waals surface area contributed by atoms with Crippen molar-refractivity contribution in [3.63, 3.8) is 0 Å². The highest BCUT2D eigenvalue weighted by atomic mass is 16.5. The molecule has 0 saturated heterocycles. The number of nitrogens with zero attached hydrogens (tertiary/aromatic N) is 1. The maximum atomic E-state index is 13.3. The normalized spacial score (nSPS) is 17.4.